The fourth-order valence-corrected chi connectivity index (χ4v) is 1.83. The molecule has 0 radical (unpaired) electrons. The molecule has 0 aromatic heterocycles. The third-order valence-electron chi connectivity index (χ3n) is 3.39. The van der Waals surface area contributed by atoms with Crippen molar-refractivity contribution < 1.29 is 19.1 Å². The van der Waals surface area contributed by atoms with Crippen LogP contribution in [0.3, 0.4) is 0 Å². The van der Waals surface area contributed by atoms with Crippen LogP contribution in [0.1, 0.15) is 37.4 Å². The average molecular weight is 296 g/mol. The maximum absolute atomic E-state index is 13.5. The molecular weight excluding hydrogens is 275 g/mol. The lowest BCUT2D eigenvalue weighted by Crippen LogP contribution is -2.40. The highest BCUT2D eigenvalue weighted by Gasteiger charge is 2.17. The zero-order chi connectivity index (χ0) is 16.0. The van der Waals surface area contributed by atoms with E-state index in [0.29, 0.717) is 17.5 Å². The number of aliphatic carboxylic acids is 1. The molecular formula is C15H21FN2O3. The molecule has 6 heteroatoms. The Morgan fingerprint density at radius 3 is 2.57 bits per heavy atom. The smallest absolute Gasteiger partial charge is 0.315 e. The van der Waals surface area contributed by atoms with Crippen molar-refractivity contribution in [3.63, 3.8) is 0 Å². The molecule has 1 rings (SSSR count). The fraction of sp³-hybridized carbons (Fsp3) is 0.467. The Morgan fingerprint density at radius 2 is 2.05 bits per heavy atom. The molecule has 21 heavy (non-hydrogen) atoms. The van der Waals surface area contributed by atoms with Crippen LogP contribution < -0.4 is 10.6 Å². The molecule has 2 amide bonds. The number of urea groups is 1. The van der Waals surface area contributed by atoms with Crippen LogP contribution in [0.2, 0.25) is 0 Å². The predicted molar refractivity (Wildman–Crippen MR) is 77.5 cm³/mol. The number of carboxylic acid groups (broad SMARTS) is 1. The first-order valence-electron chi connectivity index (χ1n) is 6.88. The molecule has 116 valence electrons. The van der Waals surface area contributed by atoms with Gasteiger partial charge in [-0.3, -0.25) is 4.79 Å². The topological polar surface area (TPSA) is 78.4 Å². The second kappa shape index (κ2) is 7.61. The molecule has 0 spiro atoms. The lowest BCUT2D eigenvalue weighted by Gasteiger charge is -2.17. The number of halogens is 1. The summed E-state index contributed by atoms with van der Waals surface area (Å²) in [6.45, 7) is 5.21. The Labute approximate surface area is 123 Å². The summed E-state index contributed by atoms with van der Waals surface area (Å²) in [6, 6.07) is 3.94. The van der Waals surface area contributed by atoms with Gasteiger partial charge in [-0.1, -0.05) is 19.1 Å². The van der Waals surface area contributed by atoms with Gasteiger partial charge in [0, 0.05) is 6.54 Å². The number of hydrogen-bond acceptors (Lipinski definition) is 2. The van der Waals surface area contributed by atoms with Gasteiger partial charge in [-0.25, -0.2) is 9.18 Å². The first-order chi connectivity index (χ1) is 9.85. The minimum atomic E-state index is -0.938. The molecule has 0 bridgehead atoms. The van der Waals surface area contributed by atoms with E-state index in [1.54, 1.807) is 32.9 Å². The predicted octanol–water partition coefficient (Wildman–Crippen LogP) is 2.61. The number of hydrogen-bond donors (Lipinski definition) is 3. The molecule has 0 saturated heterocycles. The molecule has 0 aliphatic carbocycles. The maximum atomic E-state index is 13.5. The van der Waals surface area contributed by atoms with Crippen molar-refractivity contribution in [3.05, 3.63) is 35.1 Å². The number of benzene rings is 1. The van der Waals surface area contributed by atoms with Gasteiger partial charge in [0.25, 0.3) is 0 Å². The summed E-state index contributed by atoms with van der Waals surface area (Å²) in [7, 11) is 0. The van der Waals surface area contributed by atoms with Gasteiger partial charge in [0.05, 0.1) is 12.0 Å². The average Bonchev–Trinajstić information content (AvgIpc) is 2.42. The zero-order valence-electron chi connectivity index (χ0n) is 12.4. The normalized spacial score (nSPS) is 13.3. The summed E-state index contributed by atoms with van der Waals surface area (Å²) in [5.74, 6) is -1.87. The molecule has 3 N–H and O–H groups in total. The lowest BCUT2D eigenvalue weighted by molar-refractivity contribution is -0.141. The Hall–Kier alpha value is -2.11. The van der Waals surface area contributed by atoms with Gasteiger partial charge < -0.3 is 15.7 Å². The van der Waals surface area contributed by atoms with Gasteiger partial charge in [-0.15, -0.1) is 0 Å². The largest absolute Gasteiger partial charge is 0.481 e. The Balaban J connectivity index is 2.54. The summed E-state index contributed by atoms with van der Waals surface area (Å²) in [4.78, 5) is 22.6. The maximum Gasteiger partial charge on any atom is 0.315 e. The summed E-state index contributed by atoms with van der Waals surface area (Å²) >= 11 is 0. The van der Waals surface area contributed by atoms with Crippen LogP contribution in [-0.4, -0.2) is 23.7 Å². The molecule has 2 atom stereocenters. The highest BCUT2D eigenvalue weighted by Crippen LogP contribution is 2.16. The summed E-state index contributed by atoms with van der Waals surface area (Å²) in [5.41, 5.74) is 1.20. The molecule has 0 aliphatic rings. The summed E-state index contributed by atoms with van der Waals surface area (Å²) in [6.07, 6.45) is 0.439. The molecule has 0 saturated carbocycles. The molecule has 2 unspecified atom stereocenters. The third-order valence-corrected chi connectivity index (χ3v) is 3.39. The van der Waals surface area contributed by atoms with Gasteiger partial charge in [0.1, 0.15) is 5.82 Å². The second-order valence-electron chi connectivity index (χ2n) is 5.03. The lowest BCUT2D eigenvalue weighted by atomic mass is 10.1. The summed E-state index contributed by atoms with van der Waals surface area (Å²) in [5, 5.41) is 14.1. The van der Waals surface area contributed by atoms with Gasteiger partial charge >= 0.3 is 12.0 Å². The Kier molecular flexibility index (Phi) is 6.14. The molecule has 1 aromatic rings. The minimum Gasteiger partial charge on any atom is -0.481 e. The van der Waals surface area contributed by atoms with Crippen molar-refractivity contribution >= 4 is 12.0 Å². The van der Waals surface area contributed by atoms with Crippen molar-refractivity contribution in [3.8, 4) is 0 Å². The molecule has 5 nitrogen and oxygen atoms in total. The van der Waals surface area contributed by atoms with Gasteiger partial charge in [-0.05, 0) is 37.5 Å². The number of carbonyl (C=O) groups excluding carboxylic acids is 1. The molecule has 1 aromatic carbocycles. The quantitative estimate of drug-likeness (QED) is 0.755. The molecule has 0 fully saturated rings. The van der Waals surface area contributed by atoms with Crippen molar-refractivity contribution in [2.45, 2.75) is 33.2 Å². The van der Waals surface area contributed by atoms with Crippen molar-refractivity contribution in [2.24, 2.45) is 5.92 Å². The van der Waals surface area contributed by atoms with Crippen molar-refractivity contribution in [2.75, 3.05) is 6.54 Å². The van der Waals surface area contributed by atoms with E-state index in [4.69, 9.17) is 5.11 Å². The van der Waals surface area contributed by atoms with Crippen LogP contribution in [0.25, 0.3) is 0 Å². The van der Waals surface area contributed by atoms with Gasteiger partial charge in [-0.2, -0.15) is 0 Å². The van der Waals surface area contributed by atoms with Crippen LogP contribution in [0.5, 0.6) is 0 Å². The van der Waals surface area contributed by atoms with Gasteiger partial charge in [0.2, 0.25) is 0 Å². The molecule has 0 heterocycles. The van der Waals surface area contributed by atoms with Crippen LogP contribution >= 0.6 is 0 Å². The minimum absolute atomic E-state index is 0.0621. The van der Waals surface area contributed by atoms with Gasteiger partial charge in [0.15, 0.2) is 0 Å². The highest BCUT2D eigenvalue weighted by molar-refractivity contribution is 5.76. The van der Waals surface area contributed by atoms with E-state index in [9.17, 15) is 14.0 Å². The van der Waals surface area contributed by atoms with E-state index in [2.05, 4.69) is 10.6 Å². The highest BCUT2D eigenvalue weighted by atomic mass is 19.1. The van der Waals surface area contributed by atoms with E-state index < -0.39 is 17.9 Å². The number of rotatable bonds is 6. The van der Waals surface area contributed by atoms with Crippen LogP contribution in [0.4, 0.5) is 9.18 Å². The second-order valence-corrected chi connectivity index (χ2v) is 5.03. The third kappa shape index (κ3) is 5.06. The standard InChI is InChI=1S/C15H21FN2O3/c1-4-11(14(19)20)8-17-15(21)18-10(3)12-6-5-9(2)13(16)7-12/h5-7,10-11H,4,8H2,1-3H3,(H,19,20)(H2,17,18,21). The van der Waals surface area contributed by atoms with E-state index in [-0.39, 0.29) is 18.4 Å². The van der Waals surface area contributed by atoms with E-state index in [1.165, 1.54) is 6.07 Å². The molecule has 0 aliphatic heterocycles. The van der Waals surface area contributed by atoms with E-state index in [0.717, 1.165) is 0 Å². The fourth-order valence-electron chi connectivity index (χ4n) is 1.83. The Bertz CT molecular complexity index is 520. The number of carboxylic acids is 1. The van der Waals surface area contributed by atoms with Crippen molar-refractivity contribution in [1.29, 1.82) is 0 Å². The van der Waals surface area contributed by atoms with Crippen LogP contribution in [0.15, 0.2) is 18.2 Å². The van der Waals surface area contributed by atoms with Crippen molar-refractivity contribution in [1.82, 2.24) is 10.6 Å². The van der Waals surface area contributed by atoms with E-state index in [1.807, 2.05) is 0 Å². The first-order valence-corrected chi connectivity index (χ1v) is 6.88. The van der Waals surface area contributed by atoms with Crippen LogP contribution in [-0.2, 0) is 4.79 Å². The van der Waals surface area contributed by atoms with Crippen LogP contribution in [0, 0.1) is 18.7 Å². The van der Waals surface area contributed by atoms with E-state index >= 15 is 0 Å². The number of nitrogens with one attached hydrogen (secondary N) is 2. The monoisotopic (exact) mass is 296 g/mol. The Morgan fingerprint density at radius 1 is 1.38 bits per heavy atom. The SMILES string of the molecule is CCC(CNC(=O)NC(C)c1ccc(C)c(F)c1)C(=O)O. The number of amides is 2. The number of aryl methyl sites for hydroxylation is 1. The number of carbonyl (C=O) groups is 2. The first kappa shape index (κ1) is 16.9. The summed E-state index contributed by atoms with van der Waals surface area (Å²) < 4.78 is 13.5. The zero-order valence-corrected chi connectivity index (χ0v) is 12.4.